The number of fused-ring (bicyclic) bond motifs is 2. The predicted molar refractivity (Wildman–Crippen MR) is 75.5 cm³/mol. The SMILES string of the molecule is Br.N#Cc1ccc2c(n1)CC13CCN(CCC1O2)C3. The van der Waals surface area contributed by atoms with E-state index in [1.807, 2.05) is 6.07 Å². The van der Waals surface area contributed by atoms with Gasteiger partial charge in [-0.3, -0.25) is 0 Å². The molecular weight excluding hydrogens is 306 g/mol. The van der Waals surface area contributed by atoms with Crippen molar-refractivity contribution in [2.45, 2.75) is 25.4 Å². The summed E-state index contributed by atoms with van der Waals surface area (Å²) in [5.41, 5.74) is 1.73. The average Bonchev–Trinajstić information content (AvgIpc) is 2.72. The molecule has 100 valence electrons. The molecule has 5 heteroatoms. The molecule has 0 N–H and O–H groups in total. The van der Waals surface area contributed by atoms with Gasteiger partial charge in [-0.15, -0.1) is 17.0 Å². The lowest BCUT2D eigenvalue weighted by Crippen LogP contribution is -2.51. The topological polar surface area (TPSA) is 49.2 Å². The van der Waals surface area contributed by atoms with Crippen molar-refractivity contribution < 1.29 is 4.74 Å². The number of aromatic nitrogens is 1. The number of nitriles is 1. The Hall–Kier alpha value is -1.12. The molecule has 2 bridgehead atoms. The first-order chi connectivity index (χ1) is 8.79. The van der Waals surface area contributed by atoms with Crippen molar-refractivity contribution in [1.29, 1.82) is 5.26 Å². The Morgan fingerprint density at radius 2 is 2.32 bits per heavy atom. The van der Waals surface area contributed by atoms with Crippen LogP contribution in [-0.4, -0.2) is 35.6 Å². The molecule has 0 amide bonds. The Kier molecular flexibility index (Phi) is 3.03. The summed E-state index contributed by atoms with van der Waals surface area (Å²) in [7, 11) is 0. The van der Waals surface area contributed by atoms with Gasteiger partial charge in [0.2, 0.25) is 0 Å². The zero-order valence-electron chi connectivity index (χ0n) is 10.6. The second-order valence-electron chi connectivity index (χ2n) is 5.71. The minimum atomic E-state index is 0. The van der Waals surface area contributed by atoms with E-state index < -0.39 is 0 Å². The van der Waals surface area contributed by atoms with E-state index in [1.165, 1.54) is 13.0 Å². The fourth-order valence-electron chi connectivity index (χ4n) is 3.76. The first-order valence-electron chi connectivity index (χ1n) is 6.58. The summed E-state index contributed by atoms with van der Waals surface area (Å²) in [6, 6.07) is 5.78. The molecule has 0 aromatic carbocycles. The highest BCUT2D eigenvalue weighted by Gasteiger charge is 2.51. The van der Waals surface area contributed by atoms with Gasteiger partial charge < -0.3 is 9.64 Å². The maximum absolute atomic E-state index is 8.94. The lowest BCUT2D eigenvalue weighted by molar-refractivity contribution is -0.00195. The number of hydrogen-bond donors (Lipinski definition) is 0. The molecule has 4 rings (SSSR count). The number of halogens is 1. The van der Waals surface area contributed by atoms with E-state index in [0.717, 1.165) is 37.4 Å². The van der Waals surface area contributed by atoms with Crippen LogP contribution in [0.2, 0.25) is 0 Å². The molecule has 1 spiro atoms. The first-order valence-corrected chi connectivity index (χ1v) is 6.58. The second-order valence-corrected chi connectivity index (χ2v) is 5.71. The molecule has 3 unspecified atom stereocenters. The smallest absolute Gasteiger partial charge is 0.141 e. The molecular formula is C14H16BrN3O. The van der Waals surface area contributed by atoms with E-state index in [0.29, 0.717) is 11.8 Å². The minimum Gasteiger partial charge on any atom is -0.488 e. The van der Waals surface area contributed by atoms with Gasteiger partial charge in [0.15, 0.2) is 0 Å². The Morgan fingerprint density at radius 1 is 1.42 bits per heavy atom. The molecule has 4 nitrogen and oxygen atoms in total. The van der Waals surface area contributed by atoms with Gasteiger partial charge in [0, 0.05) is 24.9 Å². The molecule has 2 saturated heterocycles. The Labute approximate surface area is 123 Å². The van der Waals surface area contributed by atoms with Gasteiger partial charge in [-0.25, -0.2) is 4.98 Å². The molecule has 1 aromatic rings. The monoisotopic (exact) mass is 321 g/mol. The largest absolute Gasteiger partial charge is 0.488 e. The van der Waals surface area contributed by atoms with Gasteiger partial charge in [-0.1, -0.05) is 0 Å². The first kappa shape index (κ1) is 12.9. The van der Waals surface area contributed by atoms with Crippen molar-refractivity contribution >= 4 is 17.0 Å². The van der Waals surface area contributed by atoms with Crippen LogP contribution in [0.5, 0.6) is 5.75 Å². The number of pyridine rings is 1. The Balaban J connectivity index is 0.00000110. The van der Waals surface area contributed by atoms with Crippen molar-refractivity contribution in [2.75, 3.05) is 19.6 Å². The van der Waals surface area contributed by atoms with Crippen LogP contribution in [0.15, 0.2) is 12.1 Å². The fourth-order valence-corrected chi connectivity index (χ4v) is 3.76. The molecule has 19 heavy (non-hydrogen) atoms. The summed E-state index contributed by atoms with van der Waals surface area (Å²) >= 11 is 0. The summed E-state index contributed by atoms with van der Waals surface area (Å²) in [4.78, 5) is 6.96. The number of rotatable bonds is 0. The standard InChI is InChI=1S/C14H15N3O.BrH/c15-8-10-1-2-12-11(16-10)7-14-4-6-17(9-14)5-3-13(14)18-12;/h1-2,13H,3-7,9H2;1H. The predicted octanol–water partition coefficient (Wildman–Crippen LogP) is 1.93. The molecule has 0 aliphatic carbocycles. The second kappa shape index (κ2) is 4.46. The van der Waals surface area contributed by atoms with Gasteiger partial charge in [-0.2, -0.15) is 5.26 Å². The van der Waals surface area contributed by atoms with Gasteiger partial charge in [0.05, 0.1) is 5.69 Å². The number of piperidine rings is 1. The van der Waals surface area contributed by atoms with Crippen molar-refractivity contribution in [3.8, 4) is 11.8 Å². The third kappa shape index (κ3) is 1.86. The van der Waals surface area contributed by atoms with Crippen LogP contribution in [0, 0.1) is 16.7 Å². The highest BCUT2D eigenvalue weighted by molar-refractivity contribution is 8.93. The molecule has 2 fully saturated rings. The lowest BCUT2D eigenvalue weighted by atomic mass is 9.73. The van der Waals surface area contributed by atoms with Crippen LogP contribution in [0.3, 0.4) is 0 Å². The molecule has 3 atom stereocenters. The van der Waals surface area contributed by atoms with E-state index >= 15 is 0 Å². The van der Waals surface area contributed by atoms with E-state index in [-0.39, 0.29) is 22.4 Å². The summed E-state index contributed by atoms with van der Waals surface area (Å²) in [5, 5.41) is 8.94. The van der Waals surface area contributed by atoms with Crippen molar-refractivity contribution in [2.24, 2.45) is 5.41 Å². The molecule has 3 aliphatic heterocycles. The summed E-state index contributed by atoms with van der Waals surface area (Å²) in [5.74, 6) is 0.893. The highest BCUT2D eigenvalue weighted by atomic mass is 79.9. The maximum Gasteiger partial charge on any atom is 0.141 e. The van der Waals surface area contributed by atoms with Crippen molar-refractivity contribution in [3.05, 3.63) is 23.5 Å². The lowest BCUT2D eigenvalue weighted by Gasteiger charge is -2.44. The maximum atomic E-state index is 8.94. The quantitative estimate of drug-likeness (QED) is 0.732. The Morgan fingerprint density at radius 3 is 3.16 bits per heavy atom. The summed E-state index contributed by atoms with van der Waals surface area (Å²) in [6.45, 7) is 3.48. The van der Waals surface area contributed by atoms with Crippen molar-refractivity contribution in [3.63, 3.8) is 0 Å². The van der Waals surface area contributed by atoms with Gasteiger partial charge in [0.1, 0.15) is 23.6 Å². The van der Waals surface area contributed by atoms with Gasteiger partial charge in [-0.05, 0) is 31.5 Å². The number of ether oxygens (including phenoxy) is 1. The minimum absolute atomic E-state index is 0. The normalized spacial score (nSPS) is 34.3. The van der Waals surface area contributed by atoms with Crippen LogP contribution in [0.25, 0.3) is 0 Å². The molecule has 0 radical (unpaired) electrons. The number of nitrogens with zero attached hydrogens (tertiary/aromatic N) is 3. The Bertz CT molecular complexity index is 556. The van der Waals surface area contributed by atoms with Crippen LogP contribution in [-0.2, 0) is 6.42 Å². The van der Waals surface area contributed by atoms with Gasteiger partial charge in [0.25, 0.3) is 0 Å². The molecule has 3 aliphatic rings. The van der Waals surface area contributed by atoms with E-state index in [1.54, 1.807) is 6.07 Å². The van der Waals surface area contributed by atoms with Crippen LogP contribution >= 0.6 is 17.0 Å². The average molecular weight is 322 g/mol. The zero-order chi connectivity index (χ0) is 12.2. The molecule has 4 heterocycles. The van der Waals surface area contributed by atoms with E-state index in [9.17, 15) is 0 Å². The van der Waals surface area contributed by atoms with Crippen LogP contribution < -0.4 is 4.74 Å². The molecule has 0 saturated carbocycles. The highest BCUT2D eigenvalue weighted by Crippen LogP contribution is 2.47. The van der Waals surface area contributed by atoms with Crippen LogP contribution in [0.4, 0.5) is 0 Å². The number of hydrogen-bond acceptors (Lipinski definition) is 4. The van der Waals surface area contributed by atoms with E-state index in [4.69, 9.17) is 10.00 Å². The third-order valence-corrected chi connectivity index (χ3v) is 4.69. The van der Waals surface area contributed by atoms with E-state index in [2.05, 4.69) is 16.0 Å². The zero-order valence-corrected chi connectivity index (χ0v) is 12.3. The van der Waals surface area contributed by atoms with Crippen molar-refractivity contribution in [1.82, 2.24) is 9.88 Å². The molecule has 1 aromatic heterocycles. The van der Waals surface area contributed by atoms with Gasteiger partial charge >= 0.3 is 0 Å². The summed E-state index contributed by atoms with van der Waals surface area (Å²) in [6.07, 6.45) is 3.65. The fraction of sp³-hybridized carbons (Fsp3) is 0.571. The summed E-state index contributed by atoms with van der Waals surface area (Å²) < 4.78 is 6.16. The third-order valence-electron chi connectivity index (χ3n) is 4.69. The van der Waals surface area contributed by atoms with Crippen LogP contribution in [0.1, 0.15) is 24.2 Å².